The van der Waals surface area contributed by atoms with Gasteiger partial charge < -0.3 is 15.2 Å². The molecule has 0 aliphatic carbocycles. The highest BCUT2D eigenvalue weighted by Crippen LogP contribution is 2.31. The molecule has 4 nitrogen and oxygen atoms in total. The first kappa shape index (κ1) is 11.0. The Morgan fingerprint density at radius 3 is 2.94 bits per heavy atom. The monoisotopic (exact) mass is 221 g/mol. The number of nitrogens with one attached hydrogen (secondary N) is 1. The number of carboxylic acids is 1. The van der Waals surface area contributed by atoms with Crippen LogP contribution in [0.5, 0.6) is 5.75 Å². The number of hydrogen-bond donors (Lipinski definition) is 2. The van der Waals surface area contributed by atoms with Crippen molar-refractivity contribution >= 4 is 5.97 Å². The van der Waals surface area contributed by atoms with E-state index in [-0.39, 0.29) is 11.6 Å². The van der Waals surface area contributed by atoms with Crippen LogP contribution in [0.2, 0.25) is 0 Å². The lowest BCUT2D eigenvalue weighted by Gasteiger charge is -2.15. The largest absolute Gasteiger partial charge is 0.496 e. The summed E-state index contributed by atoms with van der Waals surface area (Å²) in [5.41, 5.74) is 1.31. The van der Waals surface area contributed by atoms with Crippen molar-refractivity contribution in [3.8, 4) is 5.75 Å². The highest BCUT2D eigenvalue weighted by Gasteiger charge is 2.20. The lowest BCUT2D eigenvalue weighted by atomic mass is 10.0. The van der Waals surface area contributed by atoms with Crippen molar-refractivity contribution in [2.45, 2.75) is 18.9 Å². The fourth-order valence-corrected chi connectivity index (χ4v) is 2.08. The van der Waals surface area contributed by atoms with Gasteiger partial charge >= 0.3 is 5.97 Å². The van der Waals surface area contributed by atoms with Crippen LogP contribution in [0.25, 0.3) is 0 Å². The summed E-state index contributed by atoms with van der Waals surface area (Å²) in [7, 11) is 1.57. The first-order valence-electron chi connectivity index (χ1n) is 5.37. The van der Waals surface area contributed by atoms with E-state index in [1.165, 1.54) is 0 Å². The Labute approximate surface area is 94.2 Å². The molecule has 86 valence electrons. The van der Waals surface area contributed by atoms with Gasteiger partial charge in [-0.3, -0.25) is 0 Å². The molecule has 1 fully saturated rings. The van der Waals surface area contributed by atoms with E-state index >= 15 is 0 Å². The van der Waals surface area contributed by atoms with Crippen LogP contribution in [-0.4, -0.2) is 24.7 Å². The van der Waals surface area contributed by atoms with Gasteiger partial charge in [-0.05, 0) is 31.5 Å². The molecule has 0 unspecified atom stereocenters. The van der Waals surface area contributed by atoms with Crippen LogP contribution in [0.1, 0.15) is 34.8 Å². The molecule has 0 saturated carbocycles. The fraction of sp³-hybridized carbons (Fsp3) is 0.417. The van der Waals surface area contributed by atoms with Crippen LogP contribution in [0.4, 0.5) is 0 Å². The quantitative estimate of drug-likeness (QED) is 0.817. The second-order valence-corrected chi connectivity index (χ2v) is 3.91. The molecule has 4 heteroatoms. The molecule has 1 heterocycles. The Kier molecular flexibility index (Phi) is 3.10. The fourth-order valence-electron chi connectivity index (χ4n) is 2.08. The number of aromatic carboxylic acids is 1. The van der Waals surface area contributed by atoms with Crippen molar-refractivity contribution < 1.29 is 14.6 Å². The zero-order valence-corrected chi connectivity index (χ0v) is 9.19. The minimum Gasteiger partial charge on any atom is -0.496 e. The molecule has 2 N–H and O–H groups in total. The van der Waals surface area contributed by atoms with Gasteiger partial charge in [0.25, 0.3) is 0 Å². The van der Waals surface area contributed by atoms with Crippen molar-refractivity contribution in [2.75, 3.05) is 13.7 Å². The third-order valence-corrected chi connectivity index (χ3v) is 2.92. The first-order valence-corrected chi connectivity index (χ1v) is 5.37. The van der Waals surface area contributed by atoms with Gasteiger partial charge in [-0.2, -0.15) is 0 Å². The number of benzene rings is 1. The molecule has 0 bridgehead atoms. The molecule has 2 rings (SSSR count). The van der Waals surface area contributed by atoms with E-state index in [1.807, 2.05) is 6.07 Å². The Hall–Kier alpha value is -1.55. The van der Waals surface area contributed by atoms with Crippen molar-refractivity contribution in [1.82, 2.24) is 5.32 Å². The molecule has 0 aromatic heterocycles. The number of carbonyl (C=O) groups is 1. The molecule has 1 aromatic rings. The van der Waals surface area contributed by atoms with Crippen LogP contribution in [0.3, 0.4) is 0 Å². The van der Waals surface area contributed by atoms with Crippen LogP contribution < -0.4 is 10.1 Å². The van der Waals surface area contributed by atoms with E-state index in [1.54, 1.807) is 19.2 Å². The molecule has 0 spiro atoms. The second-order valence-electron chi connectivity index (χ2n) is 3.91. The Balaban J connectivity index is 2.34. The summed E-state index contributed by atoms with van der Waals surface area (Å²) < 4.78 is 5.25. The average molecular weight is 221 g/mol. The van der Waals surface area contributed by atoms with Gasteiger partial charge in [0.05, 0.1) is 12.7 Å². The number of ether oxygens (including phenoxy) is 1. The molecule has 16 heavy (non-hydrogen) atoms. The third-order valence-electron chi connectivity index (χ3n) is 2.92. The van der Waals surface area contributed by atoms with Gasteiger partial charge in [-0.1, -0.05) is 6.07 Å². The summed E-state index contributed by atoms with van der Waals surface area (Å²) in [6.07, 6.45) is 2.22. The molecular weight excluding hydrogens is 206 g/mol. The summed E-state index contributed by atoms with van der Waals surface area (Å²) in [6.45, 7) is 1.01. The van der Waals surface area contributed by atoms with E-state index in [2.05, 4.69) is 5.32 Å². The van der Waals surface area contributed by atoms with E-state index in [9.17, 15) is 4.79 Å². The predicted octanol–water partition coefficient (Wildman–Crippen LogP) is 1.82. The molecule has 1 saturated heterocycles. The Morgan fingerprint density at radius 2 is 2.38 bits per heavy atom. The van der Waals surface area contributed by atoms with Crippen molar-refractivity contribution in [1.29, 1.82) is 0 Å². The third kappa shape index (κ3) is 2.02. The van der Waals surface area contributed by atoms with Gasteiger partial charge in [-0.15, -0.1) is 0 Å². The minimum atomic E-state index is -0.927. The van der Waals surface area contributed by atoms with Crippen LogP contribution in [0, 0.1) is 0 Å². The highest BCUT2D eigenvalue weighted by molar-refractivity contribution is 5.88. The number of rotatable bonds is 3. The zero-order valence-electron chi connectivity index (χ0n) is 9.19. The van der Waals surface area contributed by atoms with Crippen LogP contribution >= 0.6 is 0 Å². The van der Waals surface area contributed by atoms with Crippen molar-refractivity contribution in [3.63, 3.8) is 0 Å². The maximum absolute atomic E-state index is 10.8. The van der Waals surface area contributed by atoms with E-state index in [0.717, 1.165) is 24.9 Å². The molecular formula is C12H15NO3. The van der Waals surface area contributed by atoms with Crippen LogP contribution in [0.15, 0.2) is 18.2 Å². The maximum atomic E-state index is 10.8. The Bertz CT molecular complexity index is 397. The molecule has 1 atom stereocenters. The van der Waals surface area contributed by atoms with Crippen molar-refractivity contribution in [2.24, 2.45) is 0 Å². The second kappa shape index (κ2) is 4.53. The molecule has 1 aliphatic heterocycles. The summed E-state index contributed by atoms with van der Waals surface area (Å²) >= 11 is 0. The number of carboxylic acid groups (broad SMARTS) is 1. The number of methoxy groups -OCH3 is 1. The first-order chi connectivity index (χ1) is 7.72. The van der Waals surface area contributed by atoms with E-state index in [4.69, 9.17) is 9.84 Å². The highest BCUT2D eigenvalue weighted by atomic mass is 16.5. The van der Waals surface area contributed by atoms with Gasteiger partial charge in [0, 0.05) is 11.6 Å². The van der Waals surface area contributed by atoms with E-state index < -0.39 is 5.97 Å². The standard InChI is InChI=1S/C12H15NO3/c1-16-11-7-8(12(14)15)4-5-9(11)10-3-2-6-13-10/h4-5,7,10,13H,2-3,6H2,1H3,(H,14,15)/t10-/m0/s1. The molecule has 0 radical (unpaired) electrons. The van der Waals surface area contributed by atoms with Crippen molar-refractivity contribution in [3.05, 3.63) is 29.3 Å². The zero-order chi connectivity index (χ0) is 11.5. The summed E-state index contributed by atoms with van der Waals surface area (Å²) in [4.78, 5) is 10.8. The summed E-state index contributed by atoms with van der Waals surface area (Å²) in [6, 6.07) is 5.33. The average Bonchev–Trinajstić information content (AvgIpc) is 2.81. The van der Waals surface area contributed by atoms with Gasteiger partial charge in [0.15, 0.2) is 0 Å². The number of hydrogen-bond acceptors (Lipinski definition) is 3. The summed E-state index contributed by atoms with van der Waals surface area (Å²) in [5, 5.41) is 12.3. The predicted molar refractivity (Wildman–Crippen MR) is 59.9 cm³/mol. The lowest BCUT2D eigenvalue weighted by Crippen LogP contribution is -2.14. The SMILES string of the molecule is COc1cc(C(=O)O)ccc1[C@@H]1CCCN1. The smallest absolute Gasteiger partial charge is 0.335 e. The normalized spacial score (nSPS) is 19.7. The molecule has 0 amide bonds. The van der Waals surface area contributed by atoms with Gasteiger partial charge in [0.1, 0.15) is 5.75 Å². The summed E-state index contributed by atoms with van der Waals surface area (Å²) in [5.74, 6) is -0.275. The molecule has 1 aromatic carbocycles. The lowest BCUT2D eigenvalue weighted by molar-refractivity contribution is 0.0696. The maximum Gasteiger partial charge on any atom is 0.335 e. The minimum absolute atomic E-state index is 0.263. The van der Waals surface area contributed by atoms with Gasteiger partial charge in [-0.25, -0.2) is 4.79 Å². The van der Waals surface area contributed by atoms with Crippen LogP contribution in [-0.2, 0) is 0 Å². The molecule has 1 aliphatic rings. The Morgan fingerprint density at radius 1 is 1.56 bits per heavy atom. The van der Waals surface area contributed by atoms with Gasteiger partial charge in [0.2, 0.25) is 0 Å². The topological polar surface area (TPSA) is 58.6 Å². The van der Waals surface area contributed by atoms with E-state index in [0.29, 0.717) is 5.75 Å².